The van der Waals surface area contributed by atoms with Gasteiger partial charge < -0.3 is 9.64 Å². The highest BCUT2D eigenvalue weighted by molar-refractivity contribution is 7.18. The summed E-state index contributed by atoms with van der Waals surface area (Å²) in [7, 11) is 1.76. The second-order valence-corrected chi connectivity index (χ2v) is 6.14. The first-order valence-electron chi connectivity index (χ1n) is 7.36. The zero-order chi connectivity index (χ0) is 16.2. The molecule has 0 spiro atoms. The van der Waals surface area contributed by atoms with Gasteiger partial charge in [0.2, 0.25) is 5.88 Å². The van der Waals surface area contributed by atoms with Crippen molar-refractivity contribution in [2.75, 3.05) is 13.7 Å². The van der Waals surface area contributed by atoms with Crippen LogP contribution in [0.4, 0.5) is 0 Å². The minimum Gasteiger partial charge on any atom is -0.477 e. The maximum absolute atomic E-state index is 12.6. The topological polar surface area (TPSA) is 55.3 Å². The van der Waals surface area contributed by atoms with Gasteiger partial charge in [-0.25, -0.2) is 9.97 Å². The number of amides is 1. The zero-order valence-electron chi connectivity index (χ0n) is 13.0. The molecule has 0 fully saturated rings. The summed E-state index contributed by atoms with van der Waals surface area (Å²) in [5.74, 6) is 0.247. The third-order valence-electron chi connectivity index (χ3n) is 3.34. The molecule has 2 heterocycles. The third kappa shape index (κ3) is 3.32. The molecular formula is C17H17N3O2S. The summed E-state index contributed by atoms with van der Waals surface area (Å²) in [6.45, 7) is 2.80. The Kier molecular flexibility index (Phi) is 4.52. The van der Waals surface area contributed by atoms with Gasteiger partial charge in [0.05, 0.1) is 23.4 Å². The minimum absolute atomic E-state index is 0.124. The van der Waals surface area contributed by atoms with E-state index < -0.39 is 0 Å². The number of pyridine rings is 1. The lowest BCUT2D eigenvalue weighted by Crippen LogP contribution is -2.26. The smallest absolute Gasteiger partial charge is 0.259 e. The largest absolute Gasteiger partial charge is 0.477 e. The first-order valence-corrected chi connectivity index (χ1v) is 8.18. The number of nitrogens with zero attached hydrogens (tertiary/aromatic N) is 3. The molecule has 2 aromatic heterocycles. The summed E-state index contributed by atoms with van der Waals surface area (Å²) in [5, 5.41) is 0.906. The number of carbonyl (C=O) groups excluding carboxylic acids is 1. The normalized spacial score (nSPS) is 10.7. The van der Waals surface area contributed by atoms with Gasteiger partial charge in [-0.3, -0.25) is 4.79 Å². The summed E-state index contributed by atoms with van der Waals surface area (Å²) >= 11 is 1.60. The fraction of sp³-hybridized carbons (Fsp3) is 0.235. The first kappa shape index (κ1) is 15.4. The number of hydrogen-bond acceptors (Lipinski definition) is 5. The van der Waals surface area contributed by atoms with E-state index in [-0.39, 0.29) is 5.91 Å². The van der Waals surface area contributed by atoms with Crippen molar-refractivity contribution < 1.29 is 9.53 Å². The first-order chi connectivity index (χ1) is 11.2. The Morgan fingerprint density at radius 1 is 1.26 bits per heavy atom. The summed E-state index contributed by atoms with van der Waals surface area (Å²) in [6, 6.07) is 11.4. The van der Waals surface area contributed by atoms with E-state index in [0.717, 1.165) is 15.2 Å². The molecule has 1 amide bonds. The maximum atomic E-state index is 12.6. The Hall–Kier alpha value is -2.47. The van der Waals surface area contributed by atoms with E-state index in [2.05, 4.69) is 9.97 Å². The third-order valence-corrected chi connectivity index (χ3v) is 4.36. The Balaban J connectivity index is 1.80. The number of thiazole rings is 1. The summed E-state index contributed by atoms with van der Waals surface area (Å²) in [6.07, 6.45) is 1.62. The quantitative estimate of drug-likeness (QED) is 0.721. The van der Waals surface area contributed by atoms with Crippen LogP contribution < -0.4 is 4.74 Å². The standard InChI is InChI=1S/C17H17N3O2S/c1-3-22-16-12(7-6-10-18-16)17(21)20(2)11-15-19-13-8-4-5-9-14(13)23-15/h4-10H,3,11H2,1-2H3. The molecule has 3 aromatic rings. The lowest BCUT2D eigenvalue weighted by atomic mass is 10.2. The number of fused-ring (bicyclic) bond motifs is 1. The van der Waals surface area contributed by atoms with Crippen molar-refractivity contribution in [2.45, 2.75) is 13.5 Å². The van der Waals surface area contributed by atoms with Crippen molar-refractivity contribution in [2.24, 2.45) is 0 Å². The van der Waals surface area contributed by atoms with Crippen molar-refractivity contribution in [3.63, 3.8) is 0 Å². The number of rotatable bonds is 5. The average molecular weight is 327 g/mol. The summed E-state index contributed by atoms with van der Waals surface area (Å²) < 4.78 is 6.56. The Labute approximate surface area is 138 Å². The van der Waals surface area contributed by atoms with Crippen LogP contribution in [0.1, 0.15) is 22.3 Å². The lowest BCUT2D eigenvalue weighted by molar-refractivity contribution is 0.0780. The summed E-state index contributed by atoms with van der Waals surface area (Å²) in [5.41, 5.74) is 1.43. The van der Waals surface area contributed by atoms with Crippen LogP contribution in [-0.2, 0) is 6.54 Å². The SMILES string of the molecule is CCOc1ncccc1C(=O)N(C)Cc1nc2ccccc2s1. The highest BCUT2D eigenvalue weighted by Crippen LogP contribution is 2.23. The van der Waals surface area contributed by atoms with Crippen LogP contribution in [0.25, 0.3) is 10.2 Å². The molecular weight excluding hydrogens is 310 g/mol. The number of carbonyl (C=O) groups is 1. The van der Waals surface area contributed by atoms with Gasteiger partial charge in [-0.2, -0.15) is 0 Å². The zero-order valence-corrected chi connectivity index (χ0v) is 13.8. The van der Waals surface area contributed by atoms with E-state index in [1.54, 1.807) is 41.6 Å². The highest BCUT2D eigenvalue weighted by atomic mass is 32.1. The fourth-order valence-corrected chi connectivity index (χ4v) is 3.29. The van der Waals surface area contributed by atoms with Crippen LogP contribution >= 0.6 is 11.3 Å². The van der Waals surface area contributed by atoms with E-state index in [1.165, 1.54) is 0 Å². The molecule has 0 aliphatic rings. The van der Waals surface area contributed by atoms with Crippen LogP contribution in [0.2, 0.25) is 0 Å². The van der Waals surface area contributed by atoms with Gasteiger partial charge in [0, 0.05) is 13.2 Å². The average Bonchev–Trinajstić information content (AvgIpc) is 2.97. The van der Waals surface area contributed by atoms with Crippen molar-refractivity contribution in [1.29, 1.82) is 0 Å². The predicted molar refractivity (Wildman–Crippen MR) is 90.8 cm³/mol. The number of benzene rings is 1. The number of hydrogen-bond donors (Lipinski definition) is 0. The lowest BCUT2D eigenvalue weighted by Gasteiger charge is -2.17. The molecule has 23 heavy (non-hydrogen) atoms. The molecule has 0 N–H and O–H groups in total. The van der Waals surface area contributed by atoms with Crippen LogP contribution in [0.3, 0.4) is 0 Å². The molecule has 0 unspecified atom stereocenters. The van der Waals surface area contributed by atoms with Gasteiger partial charge in [0.15, 0.2) is 0 Å². The van der Waals surface area contributed by atoms with Gasteiger partial charge in [0.1, 0.15) is 10.6 Å². The molecule has 1 aromatic carbocycles. The van der Waals surface area contributed by atoms with Crippen LogP contribution in [0.15, 0.2) is 42.6 Å². The van der Waals surface area contributed by atoms with Crippen molar-refractivity contribution in [3.05, 3.63) is 53.2 Å². The molecule has 0 aliphatic heterocycles. The molecule has 6 heteroatoms. The molecule has 3 rings (SSSR count). The Morgan fingerprint density at radius 3 is 2.87 bits per heavy atom. The van der Waals surface area contributed by atoms with E-state index >= 15 is 0 Å². The Morgan fingerprint density at radius 2 is 2.09 bits per heavy atom. The molecule has 0 radical (unpaired) electrons. The second kappa shape index (κ2) is 6.75. The molecule has 0 bridgehead atoms. The molecule has 0 saturated carbocycles. The van der Waals surface area contributed by atoms with Crippen molar-refractivity contribution in [1.82, 2.24) is 14.9 Å². The predicted octanol–water partition coefficient (Wildman–Crippen LogP) is 3.36. The van der Waals surface area contributed by atoms with Gasteiger partial charge in [-0.1, -0.05) is 12.1 Å². The van der Waals surface area contributed by atoms with Gasteiger partial charge in [0.25, 0.3) is 5.91 Å². The Bertz CT molecular complexity index is 798. The van der Waals surface area contributed by atoms with E-state index in [9.17, 15) is 4.79 Å². The van der Waals surface area contributed by atoms with Crippen molar-refractivity contribution >= 4 is 27.5 Å². The van der Waals surface area contributed by atoms with E-state index in [4.69, 9.17) is 4.74 Å². The number of ether oxygens (including phenoxy) is 1. The molecule has 0 saturated heterocycles. The molecule has 118 valence electrons. The van der Waals surface area contributed by atoms with Crippen LogP contribution in [-0.4, -0.2) is 34.4 Å². The molecule has 0 aliphatic carbocycles. The molecule has 0 atom stereocenters. The van der Waals surface area contributed by atoms with Gasteiger partial charge in [-0.05, 0) is 31.2 Å². The van der Waals surface area contributed by atoms with Crippen molar-refractivity contribution in [3.8, 4) is 5.88 Å². The fourth-order valence-electron chi connectivity index (χ4n) is 2.27. The minimum atomic E-state index is -0.124. The number of aromatic nitrogens is 2. The monoisotopic (exact) mass is 327 g/mol. The highest BCUT2D eigenvalue weighted by Gasteiger charge is 2.18. The second-order valence-electron chi connectivity index (χ2n) is 5.03. The van der Waals surface area contributed by atoms with E-state index in [0.29, 0.717) is 24.6 Å². The van der Waals surface area contributed by atoms with Gasteiger partial charge in [-0.15, -0.1) is 11.3 Å². The summed E-state index contributed by atoms with van der Waals surface area (Å²) in [4.78, 5) is 23.0. The molecule has 5 nitrogen and oxygen atoms in total. The van der Waals surface area contributed by atoms with Gasteiger partial charge >= 0.3 is 0 Å². The van der Waals surface area contributed by atoms with E-state index in [1.807, 2.05) is 31.2 Å². The maximum Gasteiger partial charge on any atom is 0.259 e. The van der Waals surface area contributed by atoms with Crippen LogP contribution in [0, 0.1) is 0 Å². The van der Waals surface area contributed by atoms with Crippen LogP contribution in [0.5, 0.6) is 5.88 Å². The number of para-hydroxylation sites is 1.